The molecule has 0 radical (unpaired) electrons. The summed E-state index contributed by atoms with van der Waals surface area (Å²) in [4.78, 5) is 27.0. The van der Waals surface area contributed by atoms with Crippen molar-refractivity contribution >= 4 is 23.2 Å². The Labute approximate surface area is 155 Å². The van der Waals surface area contributed by atoms with Crippen LogP contribution in [0.1, 0.15) is 49.0 Å². The minimum Gasteiger partial charge on any atom is -0.326 e. The van der Waals surface area contributed by atoms with Gasteiger partial charge in [-0.3, -0.25) is 9.59 Å². The van der Waals surface area contributed by atoms with E-state index in [1.807, 2.05) is 49.1 Å². The van der Waals surface area contributed by atoms with Crippen molar-refractivity contribution in [2.75, 3.05) is 16.8 Å². The SMILES string of the molecule is CCC(CC)C(=O)Nc1ccc(C(=O)N2CCCc3ccccc32)cc1. The number of rotatable bonds is 5. The van der Waals surface area contributed by atoms with E-state index in [9.17, 15) is 9.59 Å². The lowest BCUT2D eigenvalue weighted by atomic mass is 10.0. The van der Waals surface area contributed by atoms with Gasteiger partial charge in [-0.25, -0.2) is 0 Å². The molecule has 136 valence electrons. The smallest absolute Gasteiger partial charge is 0.258 e. The van der Waals surface area contributed by atoms with Crippen LogP contribution >= 0.6 is 0 Å². The lowest BCUT2D eigenvalue weighted by Crippen LogP contribution is -2.35. The number of para-hydroxylation sites is 1. The van der Waals surface area contributed by atoms with Gasteiger partial charge < -0.3 is 10.2 Å². The summed E-state index contributed by atoms with van der Waals surface area (Å²) in [6.45, 7) is 4.78. The van der Waals surface area contributed by atoms with Crippen LogP contribution in [0.4, 0.5) is 11.4 Å². The largest absolute Gasteiger partial charge is 0.326 e. The summed E-state index contributed by atoms with van der Waals surface area (Å²) in [6, 6.07) is 15.3. The molecule has 1 aliphatic heterocycles. The van der Waals surface area contributed by atoms with Crippen molar-refractivity contribution in [2.45, 2.75) is 39.5 Å². The van der Waals surface area contributed by atoms with Crippen molar-refractivity contribution in [1.82, 2.24) is 0 Å². The van der Waals surface area contributed by atoms with Crippen LogP contribution in [0.3, 0.4) is 0 Å². The molecule has 2 aromatic rings. The highest BCUT2D eigenvalue weighted by Gasteiger charge is 2.23. The molecule has 4 nitrogen and oxygen atoms in total. The standard InChI is InChI=1S/C22H26N2O2/c1-3-16(4-2)21(25)23-19-13-11-18(12-14-19)22(26)24-15-7-9-17-8-5-6-10-20(17)24/h5-6,8,10-14,16H,3-4,7,9,15H2,1-2H3,(H,23,25). The van der Waals surface area contributed by atoms with Gasteiger partial charge in [-0.15, -0.1) is 0 Å². The summed E-state index contributed by atoms with van der Waals surface area (Å²) < 4.78 is 0. The minimum atomic E-state index is 0.00928. The molecule has 0 aromatic heterocycles. The van der Waals surface area contributed by atoms with E-state index in [2.05, 4.69) is 11.4 Å². The van der Waals surface area contributed by atoms with Crippen molar-refractivity contribution in [1.29, 1.82) is 0 Å². The van der Waals surface area contributed by atoms with Crippen LogP contribution < -0.4 is 10.2 Å². The zero-order valence-corrected chi connectivity index (χ0v) is 15.5. The molecule has 0 fully saturated rings. The van der Waals surface area contributed by atoms with Crippen LogP contribution in [0.15, 0.2) is 48.5 Å². The van der Waals surface area contributed by atoms with Crippen LogP contribution in [0.5, 0.6) is 0 Å². The molecule has 2 amide bonds. The molecule has 0 bridgehead atoms. The van der Waals surface area contributed by atoms with Gasteiger partial charge >= 0.3 is 0 Å². The maximum atomic E-state index is 12.9. The molecule has 1 aliphatic rings. The number of anilines is 2. The number of benzene rings is 2. The van der Waals surface area contributed by atoms with Crippen molar-refractivity contribution in [2.24, 2.45) is 5.92 Å². The van der Waals surface area contributed by atoms with Crippen molar-refractivity contribution in [3.05, 3.63) is 59.7 Å². The highest BCUT2D eigenvalue weighted by atomic mass is 16.2. The van der Waals surface area contributed by atoms with E-state index in [0.717, 1.165) is 43.6 Å². The van der Waals surface area contributed by atoms with E-state index < -0.39 is 0 Å². The first-order valence-electron chi connectivity index (χ1n) is 9.44. The number of aryl methyl sites for hydroxylation is 1. The zero-order chi connectivity index (χ0) is 18.5. The van der Waals surface area contributed by atoms with E-state index in [1.165, 1.54) is 5.56 Å². The summed E-state index contributed by atoms with van der Waals surface area (Å²) in [6.07, 6.45) is 3.65. The van der Waals surface area contributed by atoms with Gasteiger partial charge in [0.2, 0.25) is 5.91 Å². The number of nitrogens with zero attached hydrogens (tertiary/aromatic N) is 1. The molecule has 0 saturated heterocycles. The second-order valence-electron chi connectivity index (χ2n) is 6.77. The lowest BCUT2D eigenvalue weighted by Gasteiger charge is -2.29. The number of nitrogens with one attached hydrogen (secondary N) is 1. The first-order valence-corrected chi connectivity index (χ1v) is 9.44. The van der Waals surface area contributed by atoms with E-state index in [1.54, 1.807) is 12.1 Å². The Balaban J connectivity index is 1.73. The number of hydrogen-bond acceptors (Lipinski definition) is 2. The average molecular weight is 350 g/mol. The molecule has 0 atom stereocenters. The molecule has 4 heteroatoms. The molecule has 0 unspecified atom stereocenters. The molecular weight excluding hydrogens is 324 g/mol. The maximum Gasteiger partial charge on any atom is 0.258 e. The number of carbonyl (C=O) groups excluding carboxylic acids is 2. The first-order chi connectivity index (χ1) is 12.6. The summed E-state index contributed by atoms with van der Waals surface area (Å²) in [5, 5.41) is 2.94. The van der Waals surface area contributed by atoms with Gasteiger partial charge in [0.25, 0.3) is 5.91 Å². The predicted molar refractivity (Wildman–Crippen MR) is 106 cm³/mol. The third kappa shape index (κ3) is 3.79. The maximum absolute atomic E-state index is 12.9. The fourth-order valence-electron chi connectivity index (χ4n) is 3.50. The predicted octanol–water partition coefficient (Wildman–Crippen LogP) is 4.65. The van der Waals surface area contributed by atoms with E-state index in [0.29, 0.717) is 5.56 Å². The first kappa shape index (κ1) is 18.2. The second kappa shape index (κ2) is 8.17. The summed E-state index contributed by atoms with van der Waals surface area (Å²) in [5.41, 5.74) is 3.61. The fraction of sp³-hybridized carbons (Fsp3) is 0.364. The highest BCUT2D eigenvalue weighted by Crippen LogP contribution is 2.28. The van der Waals surface area contributed by atoms with E-state index in [-0.39, 0.29) is 17.7 Å². The van der Waals surface area contributed by atoms with E-state index in [4.69, 9.17) is 0 Å². The average Bonchev–Trinajstić information content (AvgIpc) is 2.68. The monoisotopic (exact) mass is 350 g/mol. The molecule has 0 spiro atoms. The molecule has 0 saturated carbocycles. The van der Waals surface area contributed by atoms with Gasteiger partial charge in [-0.05, 0) is 61.6 Å². The zero-order valence-electron chi connectivity index (χ0n) is 15.5. The third-order valence-electron chi connectivity index (χ3n) is 5.11. The summed E-state index contributed by atoms with van der Waals surface area (Å²) >= 11 is 0. The summed E-state index contributed by atoms with van der Waals surface area (Å²) in [7, 11) is 0. The molecule has 26 heavy (non-hydrogen) atoms. The Hall–Kier alpha value is -2.62. The van der Waals surface area contributed by atoms with Crippen LogP contribution in [0, 0.1) is 5.92 Å². The van der Waals surface area contributed by atoms with Crippen molar-refractivity contribution < 1.29 is 9.59 Å². The Morgan fingerprint density at radius 2 is 1.73 bits per heavy atom. The fourth-order valence-corrected chi connectivity index (χ4v) is 3.50. The second-order valence-corrected chi connectivity index (χ2v) is 6.77. The number of carbonyl (C=O) groups is 2. The molecule has 1 N–H and O–H groups in total. The molecule has 0 aliphatic carbocycles. The normalized spacial score (nSPS) is 13.4. The van der Waals surface area contributed by atoms with Crippen LogP contribution in [-0.2, 0) is 11.2 Å². The van der Waals surface area contributed by atoms with Gasteiger partial charge in [-0.2, -0.15) is 0 Å². The van der Waals surface area contributed by atoms with Gasteiger partial charge in [0, 0.05) is 29.4 Å². The third-order valence-corrected chi connectivity index (χ3v) is 5.11. The number of fused-ring (bicyclic) bond motifs is 1. The number of hydrogen-bond donors (Lipinski definition) is 1. The van der Waals surface area contributed by atoms with Gasteiger partial charge in [0.15, 0.2) is 0 Å². The number of amides is 2. The summed E-state index contributed by atoms with van der Waals surface area (Å²) in [5.74, 6) is 0.0789. The quantitative estimate of drug-likeness (QED) is 0.853. The van der Waals surface area contributed by atoms with E-state index >= 15 is 0 Å². The van der Waals surface area contributed by atoms with Gasteiger partial charge in [0.05, 0.1) is 0 Å². The minimum absolute atomic E-state index is 0.00928. The van der Waals surface area contributed by atoms with Crippen LogP contribution in [0.2, 0.25) is 0 Å². The Kier molecular flexibility index (Phi) is 5.71. The Bertz CT molecular complexity index is 779. The van der Waals surface area contributed by atoms with Gasteiger partial charge in [-0.1, -0.05) is 32.0 Å². The van der Waals surface area contributed by atoms with Gasteiger partial charge in [0.1, 0.15) is 0 Å². The molecular formula is C22H26N2O2. The molecule has 3 rings (SSSR count). The van der Waals surface area contributed by atoms with Crippen molar-refractivity contribution in [3.63, 3.8) is 0 Å². The topological polar surface area (TPSA) is 49.4 Å². The molecule has 2 aromatic carbocycles. The Morgan fingerprint density at radius 1 is 1.04 bits per heavy atom. The Morgan fingerprint density at radius 3 is 2.42 bits per heavy atom. The molecule has 1 heterocycles. The van der Waals surface area contributed by atoms with Crippen molar-refractivity contribution in [3.8, 4) is 0 Å². The van der Waals surface area contributed by atoms with Crippen LogP contribution in [-0.4, -0.2) is 18.4 Å². The van der Waals surface area contributed by atoms with Crippen LogP contribution in [0.25, 0.3) is 0 Å². The lowest BCUT2D eigenvalue weighted by molar-refractivity contribution is -0.120. The highest BCUT2D eigenvalue weighted by molar-refractivity contribution is 6.07.